The van der Waals surface area contributed by atoms with Crippen LogP contribution in [0.15, 0.2) is 27.5 Å². The molecule has 2 rings (SSSR count). The Labute approximate surface area is 95.9 Å². The van der Waals surface area contributed by atoms with Crippen molar-refractivity contribution >= 4 is 26.8 Å². The summed E-state index contributed by atoms with van der Waals surface area (Å²) < 4.78 is 2.54. The zero-order valence-electron chi connectivity index (χ0n) is 8.62. The second kappa shape index (κ2) is 3.77. The van der Waals surface area contributed by atoms with Crippen molar-refractivity contribution in [2.24, 2.45) is 0 Å². The monoisotopic (exact) mass is 266 g/mol. The quantitative estimate of drug-likeness (QED) is 0.795. The van der Waals surface area contributed by atoms with E-state index in [1.165, 1.54) is 0 Å². The van der Waals surface area contributed by atoms with E-state index < -0.39 is 0 Å². The van der Waals surface area contributed by atoms with Gasteiger partial charge in [0.2, 0.25) is 0 Å². The SMILES string of the molecule is CCn1c(C)nc2c(Br)cccc2c1=O. The highest BCUT2D eigenvalue weighted by atomic mass is 79.9. The van der Waals surface area contributed by atoms with Gasteiger partial charge in [0, 0.05) is 11.0 Å². The highest BCUT2D eigenvalue weighted by Crippen LogP contribution is 2.19. The maximum Gasteiger partial charge on any atom is 0.261 e. The van der Waals surface area contributed by atoms with Gasteiger partial charge in [0.1, 0.15) is 5.82 Å². The van der Waals surface area contributed by atoms with Gasteiger partial charge in [-0.1, -0.05) is 6.07 Å². The fraction of sp³-hybridized carbons (Fsp3) is 0.273. The Morgan fingerprint density at radius 1 is 1.47 bits per heavy atom. The fourth-order valence-corrected chi connectivity index (χ4v) is 2.14. The largest absolute Gasteiger partial charge is 0.297 e. The number of nitrogens with zero attached hydrogens (tertiary/aromatic N) is 2. The van der Waals surface area contributed by atoms with Crippen molar-refractivity contribution < 1.29 is 0 Å². The summed E-state index contributed by atoms with van der Waals surface area (Å²) in [6.45, 7) is 4.45. The zero-order valence-corrected chi connectivity index (χ0v) is 10.2. The van der Waals surface area contributed by atoms with Crippen molar-refractivity contribution in [3.8, 4) is 0 Å². The van der Waals surface area contributed by atoms with Crippen molar-refractivity contribution in [2.45, 2.75) is 20.4 Å². The lowest BCUT2D eigenvalue weighted by atomic mass is 10.2. The van der Waals surface area contributed by atoms with E-state index in [-0.39, 0.29) is 5.56 Å². The number of aryl methyl sites for hydroxylation is 1. The highest BCUT2D eigenvalue weighted by Gasteiger charge is 2.08. The van der Waals surface area contributed by atoms with Crippen LogP contribution in [-0.2, 0) is 6.54 Å². The fourth-order valence-electron chi connectivity index (χ4n) is 1.69. The molecule has 0 aliphatic heterocycles. The molecule has 0 radical (unpaired) electrons. The van der Waals surface area contributed by atoms with Crippen LogP contribution >= 0.6 is 15.9 Å². The van der Waals surface area contributed by atoms with Crippen LogP contribution in [0.2, 0.25) is 0 Å². The predicted octanol–water partition coefficient (Wildman–Crippen LogP) is 2.49. The third-order valence-corrected chi connectivity index (χ3v) is 3.08. The van der Waals surface area contributed by atoms with Crippen LogP contribution in [0.25, 0.3) is 10.9 Å². The van der Waals surface area contributed by atoms with Crippen LogP contribution in [0.5, 0.6) is 0 Å². The van der Waals surface area contributed by atoms with Gasteiger partial charge in [-0.25, -0.2) is 4.98 Å². The number of hydrogen-bond donors (Lipinski definition) is 0. The molecule has 3 nitrogen and oxygen atoms in total. The molecule has 0 unspecified atom stereocenters. The van der Waals surface area contributed by atoms with Crippen molar-refractivity contribution in [1.82, 2.24) is 9.55 Å². The first-order valence-corrected chi connectivity index (χ1v) is 5.60. The third-order valence-electron chi connectivity index (χ3n) is 2.44. The average Bonchev–Trinajstić information content (AvgIpc) is 2.20. The van der Waals surface area contributed by atoms with Crippen LogP contribution in [0.3, 0.4) is 0 Å². The van der Waals surface area contributed by atoms with Crippen molar-refractivity contribution in [2.75, 3.05) is 0 Å². The summed E-state index contributed by atoms with van der Waals surface area (Å²) in [5.74, 6) is 0.752. The minimum Gasteiger partial charge on any atom is -0.297 e. The molecule has 0 aliphatic carbocycles. The second-order valence-electron chi connectivity index (χ2n) is 3.34. The third kappa shape index (κ3) is 1.59. The van der Waals surface area contributed by atoms with Gasteiger partial charge < -0.3 is 0 Å². The summed E-state index contributed by atoms with van der Waals surface area (Å²) in [5, 5.41) is 0.664. The smallest absolute Gasteiger partial charge is 0.261 e. The summed E-state index contributed by atoms with van der Waals surface area (Å²) in [5.41, 5.74) is 0.769. The first-order chi connectivity index (χ1) is 7.15. The topological polar surface area (TPSA) is 34.9 Å². The Morgan fingerprint density at radius 2 is 2.20 bits per heavy atom. The van der Waals surface area contributed by atoms with Crippen LogP contribution < -0.4 is 5.56 Å². The summed E-state index contributed by atoms with van der Waals surface area (Å²) in [6.07, 6.45) is 0. The minimum absolute atomic E-state index is 0.0290. The minimum atomic E-state index is 0.0290. The first-order valence-electron chi connectivity index (χ1n) is 4.80. The van der Waals surface area contributed by atoms with Gasteiger partial charge in [0.25, 0.3) is 5.56 Å². The molecule has 0 saturated carbocycles. The molecule has 0 N–H and O–H groups in total. The number of benzene rings is 1. The molecule has 2 aromatic rings. The molecule has 0 atom stereocenters. The van der Waals surface area contributed by atoms with E-state index in [9.17, 15) is 4.79 Å². The van der Waals surface area contributed by atoms with Gasteiger partial charge in [0.15, 0.2) is 0 Å². The number of para-hydroxylation sites is 1. The zero-order chi connectivity index (χ0) is 11.0. The Hall–Kier alpha value is -1.16. The lowest BCUT2D eigenvalue weighted by molar-refractivity contribution is 0.685. The molecule has 0 aliphatic rings. The van der Waals surface area contributed by atoms with E-state index in [0.717, 1.165) is 15.8 Å². The number of halogens is 1. The van der Waals surface area contributed by atoms with E-state index >= 15 is 0 Å². The van der Waals surface area contributed by atoms with Crippen LogP contribution in [0.1, 0.15) is 12.7 Å². The van der Waals surface area contributed by atoms with Crippen molar-refractivity contribution in [3.63, 3.8) is 0 Å². The van der Waals surface area contributed by atoms with Gasteiger partial charge in [-0.3, -0.25) is 9.36 Å². The molecular formula is C11H11BrN2O. The summed E-state index contributed by atoms with van der Waals surface area (Å²) in [7, 11) is 0. The molecular weight excluding hydrogens is 256 g/mol. The van der Waals surface area contributed by atoms with Gasteiger partial charge in [0.05, 0.1) is 10.9 Å². The molecule has 0 bridgehead atoms. The van der Waals surface area contributed by atoms with E-state index in [1.807, 2.05) is 26.0 Å². The number of hydrogen-bond acceptors (Lipinski definition) is 2. The number of rotatable bonds is 1. The predicted molar refractivity (Wildman–Crippen MR) is 64.1 cm³/mol. The molecule has 1 heterocycles. The van der Waals surface area contributed by atoms with E-state index in [2.05, 4.69) is 20.9 Å². The van der Waals surface area contributed by atoms with Crippen LogP contribution in [0.4, 0.5) is 0 Å². The Kier molecular flexibility index (Phi) is 2.61. The number of fused-ring (bicyclic) bond motifs is 1. The van der Waals surface area contributed by atoms with Gasteiger partial charge in [-0.2, -0.15) is 0 Å². The van der Waals surface area contributed by atoms with Gasteiger partial charge in [-0.05, 0) is 41.9 Å². The van der Waals surface area contributed by atoms with Crippen molar-refractivity contribution in [1.29, 1.82) is 0 Å². The highest BCUT2D eigenvalue weighted by molar-refractivity contribution is 9.10. The maximum atomic E-state index is 12.0. The summed E-state index contributed by atoms with van der Waals surface area (Å²) >= 11 is 3.40. The first kappa shape index (κ1) is 10.4. The molecule has 78 valence electrons. The Morgan fingerprint density at radius 3 is 2.87 bits per heavy atom. The molecule has 0 saturated heterocycles. The summed E-state index contributed by atoms with van der Waals surface area (Å²) in [4.78, 5) is 16.5. The molecule has 0 amide bonds. The summed E-state index contributed by atoms with van der Waals surface area (Å²) in [6, 6.07) is 5.55. The Balaban J connectivity index is 2.98. The standard InChI is InChI=1S/C11H11BrN2O/c1-3-14-7(2)13-10-8(11(14)15)5-4-6-9(10)12/h4-6H,3H2,1-2H3. The molecule has 4 heteroatoms. The van der Waals surface area contributed by atoms with Gasteiger partial charge >= 0.3 is 0 Å². The normalized spacial score (nSPS) is 10.9. The second-order valence-corrected chi connectivity index (χ2v) is 4.20. The van der Waals surface area contributed by atoms with Crippen LogP contribution in [0, 0.1) is 6.92 Å². The number of aromatic nitrogens is 2. The van der Waals surface area contributed by atoms with Gasteiger partial charge in [-0.15, -0.1) is 0 Å². The molecule has 1 aromatic heterocycles. The van der Waals surface area contributed by atoms with E-state index in [4.69, 9.17) is 0 Å². The van der Waals surface area contributed by atoms with Crippen LogP contribution in [-0.4, -0.2) is 9.55 Å². The molecule has 0 spiro atoms. The Bertz CT molecular complexity index is 575. The molecule has 15 heavy (non-hydrogen) atoms. The van der Waals surface area contributed by atoms with Crippen molar-refractivity contribution in [3.05, 3.63) is 38.9 Å². The molecule has 0 fully saturated rings. The molecule has 1 aromatic carbocycles. The maximum absolute atomic E-state index is 12.0. The lowest BCUT2D eigenvalue weighted by Crippen LogP contribution is -2.23. The van der Waals surface area contributed by atoms with E-state index in [1.54, 1.807) is 10.6 Å². The van der Waals surface area contributed by atoms with E-state index in [0.29, 0.717) is 11.9 Å². The lowest BCUT2D eigenvalue weighted by Gasteiger charge is -2.08. The average molecular weight is 267 g/mol.